The number of anilines is 3. The van der Waals surface area contributed by atoms with Crippen LogP contribution in [-0.4, -0.2) is 36.9 Å². The lowest BCUT2D eigenvalue weighted by atomic mass is 9.83. The molecule has 1 aliphatic rings. The number of fused-ring (bicyclic) bond motifs is 3. The third-order valence-electron chi connectivity index (χ3n) is 9.88. The van der Waals surface area contributed by atoms with Crippen LogP contribution in [0.25, 0.3) is 27.9 Å². The smallest absolute Gasteiger partial charge is 0.0901 e. The second-order valence-corrected chi connectivity index (χ2v) is 12.4. The molecule has 1 N–H and O–H groups in total. The maximum absolute atomic E-state index is 5.50. The van der Waals surface area contributed by atoms with E-state index in [0.29, 0.717) is 0 Å². The Balaban J connectivity index is 1.37. The van der Waals surface area contributed by atoms with Gasteiger partial charge in [0.1, 0.15) is 0 Å². The van der Waals surface area contributed by atoms with Gasteiger partial charge in [0.25, 0.3) is 0 Å². The molecule has 0 bridgehead atoms. The number of hydrogen-bond acceptors (Lipinski definition) is 4. The first-order valence-electron chi connectivity index (χ1n) is 17.4. The van der Waals surface area contributed by atoms with Crippen molar-refractivity contribution in [2.75, 3.05) is 41.0 Å². The second kappa shape index (κ2) is 13.8. The summed E-state index contributed by atoms with van der Waals surface area (Å²) in [5.41, 5.74) is 10.5. The normalized spacial score (nSPS) is 16.2. The SMILES string of the molecule is CCN(CC)c1ccc(C=CC2=NN(c3cccc4c3[nH]c3ccccc34)C(c3ccc(N(CC)CC)cc3)C2c2ccccc2)cc1. The van der Waals surface area contributed by atoms with Gasteiger partial charge in [-0.2, -0.15) is 5.10 Å². The Hall–Kier alpha value is -5.29. The lowest BCUT2D eigenvalue weighted by molar-refractivity contribution is 0.650. The number of hydrogen-bond donors (Lipinski definition) is 1. The van der Waals surface area contributed by atoms with E-state index >= 15 is 0 Å². The van der Waals surface area contributed by atoms with Crippen LogP contribution in [0.2, 0.25) is 0 Å². The number of para-hydroxylation sites is 2. The van der Waals surface area contributed by atoms with Crippen molar-refractivity contribution in [2.24, 2.45) is 5.10 Å². The predicted octanol–water partition coefficient (Wildman–Crippen LogP) is 10.4. The highest BCUT2D eigenvalue weighted by Gasteiger charge is 2.40. The largest absolute Gasteiger partial charge is 0.372 e. The van der Waals surface area contributed by atoms with Crippen molar-refractivity contribution in [3.63, 3.8) is 0 Å². The van der Waals surface area contributed by atoms with E-state index in [1.165, 1.54) is 33.3 Å². The summed E-state index contributed by atoms with van der Waals surface area (Å²) < 4.78 is 0. The van der Waals surface area contributed by atoms with Gasteiger partial charge < -0.3 is 14.8 Å². The van der Waals surface area contributed by atoms with Gasteiger partial charge in [0.2, 0.25) is 0 Å². The summed E-state index contributed by atoms with van der Waals surface area (Å²) in [5, 5.41) is 10.2. The van der Waals surface area contributed by atoms with Crippen LogP contribution < -0.4 is 14.8 Å². The van der Waals surface area contributed by atoms with E-state index < -0.39 is 0 Å². The van der Waals surface area contributed by atoms with Gasteiger partial charge in [0.05, 0.1) is 28.9 Å². The summed E-state index contributed by atoms with van der Waals surface area (Å²) in [4.78, 5) is 8.52. The Morgan fingerprint density at radius 1 is 0.604 bits per heavy atom. The van der Waals surface area contributed by atoms with Gasteiger partial charge in [-0.3, -0.25) is 5.01 Å². The summed E-state index contributed by atoms with van der Waals surface area (Å²) >= 11 is 0. The van der Waals surface area contributed by atoms with Crippen molar-refractivity contribution in [1.29, 1.82) is 0 Å². The highest BCUT2D eigenvalue weighted by molar-refractivity contribution is 6.12. The summed E-state index contributed by atoms with van der Waals surface area (Å²) in [6, 6.07) is 44.0. The number of hydrazone groups is 1. The number of allylic oxidation sites excluding steroid dienone is 1. The molecule has 5 heteroatoms. The molecule has 0 spiro atoms. The molecule has 5 aromatic carbocycles. The average molecular weight is 632 g/mol. The first-order chi connectivity index (χ1) is 23.6. The molecular formula is C43H45N5. The first kappa shape index (κ1) is 31.3. The molecule has 48 heavy (non-hydrogen) atoms. The van der Waals surface area contributed by atoms with Crippen LogP contribution in [0.15, 0.2) is 133 Å². The number of aromatic nitrogens is 1. The zero-order valence-electron chi connectivity index (χ0n) is 28.5. The van der Waals surface area contributed by atoms with Gasteiger partial charge >= 0.3 is 0 Å². The summed E-state index contributed by atoms with van der Waals surface area (Å²) in [5.74, 6) is 0.0244. The molecule has 242 valence electrons. The molecule has 0 fully saturated rings. The summed E-state index contributed by atoms with van der Waals surface area (Å²) in [7, 11) is 0. The molecule has 0 saturated carbocycles. The minimum atomic E-state index is -0.0418. The van der Waals surface area contributed by atoms with Crippen LogP contribution in [0.4, 0.5) is 17.1 Å². The molecule has 5 nitrogen and oxygen atoms in total. The molecule has 0 amide bonds. The Kier molecular flexibility index (Phi) is 9.02. The molecule has 1 aromatic heterocycles. The quantitative estimate of drug-likeness (QED) is 0.155. The van der Waals surface area contributed by atoms with Gasteiger partial charge in [0, 0.05) is 53.8 Å². The fourth-order valence-corrected chi connectivity index (χ4v) is 7.33. The van der Waals surface area contributed by atoms with Crippen LogP contribution in [-0.2, 0) is 0 Å². The standard InChI is InChI=1S/C43H45N5/c1-5-46(6-2)34-26-21-31(22-27-34)23-30-39-41(32-15-10-9-11-16-32)43(33-24-28-35(29-25-33)47(7-3)8-4)48(45-39)40-20-14-18-37-36-17-12-13-19-38(36)44-42(37)40/h9-30,41,43-44H,5-8H2,1-4H3. The number of nitrogens with one attached hydrogen (secondary N) is 1. The average Bonchev–Trinajstić information content (AvgIpc) is 3.72. The van der Waals surface area contributed by atoms with E-state index in [4.69, 9.17) is 5.10 Å². The van der Waals surface area contributed by atoms with E-state index in [1.54, 1.807) is 0 Å². The van der Waals surface area contributed by atoms with Gasteiger partial charge in [-0.05, 0) is 86.9 Å². The van der Waals surface area contributed by atoms with Gasteiger partial charge in [-0.15, -0.1) is 0 Å². The molecule has 2 unspecified atom stereocenters. The summed E-state index contributed by atoms with van der Waals surface area (Å²) in [6.45, 7) is 12.8. The maximum Gasteiger partial charge on any atom is 0.0901 e. The second-order valence-electron chi connectivity index (χ2n) is 12.4. The van der Waals surface area contributed by atoms with Crippen molar-refractivity contribution in [1.82, 2.24) is 4.98 Å². The fraction of sp³-hybridized carbons (Fsp3) is 0.233. The maximum atomic E-state index is 5.50. The van der Waals surface area contributed by atoms with Gasteiger partial charge in [-0.25, -0.2) is 0 Å². The van der Waals surface area contributed by atoms with E-state index in [9.17, 15) is 0 Å². The highest BCUT2D eigenvalue weighted by atomic mass is 15.5. The number of benzene rings is 5. The van der Waals surface area contributed by atoms with Crippen LogP contribution >= 0.6 is 0 Å². The third kappa shape index (κ3) is 5.85. The fourth-order valence-electron chi connectivity index (χ4n) is 7.33. The Bertz CT molecular complexity index is 2030. The van der Waals surface area contributed by atoms with E-state index in [-0.39, 0.29) is 12.0 Å². The Morgan fingerprint density at radius 3 is 1.88 bits per heavy atom. The lowest BCUT2D eigenvalue weighted by Gasteiger charge is -2.30. The molecule has 0 saturated heterocycles. The number of aromatic amines is 1. The molecule has 2 atom stereocenters. The zero-order valence-corrected chi connectivity index (χ0v) is 28.5. The topological polar surface area (TPSA) is 37.9 Å². The van der Waals surface area contributed by atoms with Crippen molar-refractivity contribution < 1.29 is 0 Å². The molecule has 1 aliphatic heterocycles. The van der Waals surface area contributed by atoms with E-state index in [1.807, 2.05) is 0 Å². The lowest BCUT2D eigenvalue weighted by Crippen LogP contribution is -2.25. The molecular weight excluding hydrogens is 587 g/mol. The van der Waals surface area contributed by atoms with Gasteiger partial charge in [0.15, 0.2) is 0 Å². The monoisotopic (exact) mass is 631 g/mol. The number of H-pyrrole nitrogens is 1. The Morgan fingerprint density at radius 2 is 1.21 bits per heavy atom. The third-order valence-corrected chi connectivity index (χ3v) is 9.88. The van der Waals surface area contributed by atoms with Crippen LogP contribution in [0.5, 0.6) is 0 Å². The molecule has 7 rings (SSSR count). The van der Waals surface area contributed by atoms with Crippen molar-refractivity contribution >= 4 is 50.7 Å². The minimum absolute atomic E-state index is 0.0244. The van der Waals surface area contributed by atoms with E-state index in [0.717, 1.165) is 54.2 Å². The predicted molar refractivity (Wildman–Crippen MR) is 207 cm³/mol. The van der Waals surface area contributed by atoms with Crippen molar-refractivity contribution in [2.45, 2.75) is 39.7 Å². The molecule has 2 heterocycles. The molecule has 6 aromatic rings. The van der Waals surface area contributed by atoms with Crippen molar-refractivity contribution in [3.05, 3.63) is 144 Å². The highest BCUT2D eigenvalue weighted by Crippen LogP contribution is 2.47. The van der Waals surface area contributed by atoms with Crippen LogP contribution in [0.1, 0.15) is 56.3 Å². The van der Waals surface area contributed by atoms with Crippen molar-refractivity contribution in [3.8, 4) is 0 Å². The Labute approximate surface area is 284 Å². The minimum Gasteiger partial charge on any atom is -0.372 e. The van der Waals surface area contributed by atoms with Crippen LogP contribution in [0.3, 0.4) is 0 Å². The van der Waals surface area contributed by atoms with E-state index in [2.05, 4.69) is 181 Å². The number of nitrogens with zero attached hydrogens (tertiary/aromatic N) is 4. The summed E-state index contributed by atoms with van der Waals surface area (Å²) in [6.07, 6.45) is 4.45. The van der Waals surface area contributed by atoms with Gasteiger partial charge in [-0.1, -0.05) is 91.0 Å². The first-order valence-corrected chi connectivity index (χ1v) is 17.4. The number of rotatable bonds is 11. The molecule has 0 aliphatic carbocycles. The zero-order chi connectivity index (χ0) is 33.0. The molecule has 0 radical (unpaired) electrons. The van der Waals surface area contributed by atoms with Crippen LogP contribution in [0, 0.1) is 0 Å².